The molecule has 0 atom stereocenters. The first-order chi connectivity index (χ1) is 14.4. The van der Waals surface area contributed by atoms with Gasteiger partial charge in [-0.25, -0.2) is 9.67 Å². The summed E-state index contributed by atoms with van der Waals surface area (Å²) in [5.74, 6) is 1.34. The van der Waals surface area contributed by atoms with Crippen LogP contribution in [0.25, 0.3) is 11.0 Å². The summed E-state index contributed by atoms with van der Waals surface area (Å²) in [5.41, 5.74) is 3.15. The topological polar surface area (TPSA) is 78.3 Å². The van der Waals surface area contributed by atoms with E-state index in [2.05, 4.69) is 29.2 Å². The minimum Gasteiger partial charge on any atom is -0.490 e. The molecule has 1 aromatic carbocycles. The highest BCUT2D eigenvalue weighted by Crippen LogP contribution is 2.28. The first-order valence-electron chi connectivity index (χ1n) is 10.5. The van der Waals surface area contributed by atoms with Crippen molar-refractivity contribution in [3.8, 4) is 11.5 Å². The van der Waals surface area contributed by atoms with E-state index >= 15 is 0 Å². The molecule has 3 rings (SSSR count). The van der Waals surface area contributed by atoms with Gasteiger partial charge in [0.2, 0.25) is 0 Å². The molecule has 0 fully saturated rings. The molecule has 160 valence electrons. The normalized spacial score (nSPS) is 11.1. The van der Waals surface area contributed by atoms with Crippen LogP contribution in [0.1, 0.15) is 55.4 Å². The van der Waals surface area contributed by atoms with Crippen molar-refractivity contribution in [2.45, 2.75) is 47.1 Å². The van der Waals surface area contributed by atoms with Crippen molar-refractivity contribution in [2.24, 2.45) is 0 Å². The van der Waals surface area contributed by atoms with Crippen molar-refractivity contribution >= 4 is 16.9 Å². The molecule has 2 heterocycles. The molecule has 0 aliphatic heterocycles. The highest BCUT2D eigenvalue weighted by molar-refractivity contribution is 5.98. The van der Waals surface area contributed by atoms with Gasteiger partial charge in [-0.05, 0) is 64.8 Å². The lowest BCUT2D eigenvalue weighted by atomic mass is 10.1. The Hall–Kier alpha value is -3.09. The maximum absolute atomic E-state index is 12.7. The van der Waals surface area contributed by atoms with Crippen LogP contribution in [0.5, 0.6) is 11.5 Å². The Balaban J connectivity index is 1.67. The van der Waals surface area contributed by atoms with Gasteiger partial charge in [0, 0.05) is 18.0 Å². The van der Waals surface area contributed by atoms with Gasteiger partial charge in [0.1, 0.15) is 0 Å². The maximum Gasteiger partial charge on any atom is 0.253 e. The van der Waals surface area contributed by atoms with E-state index in [4.69, 9.17) is 9.47 Å². The number of pyridine rings is 1. The Kier molecular flexibility index (Phi) is 6.92. The number of benzene rings is 1. The molecule has 7 heteroatoms. The van der Waals surface area contributed by atoms with Crippen molar-refractivity contribution in [3.05, 3.63) is 47.3 Å². The van der Waals surface area contributed by atoms with E-state index in [1.54, 1.807) is 6.20 Å². The van der Waals surface area contributed by atoms with Gasteiger partial charge in [-0.15, -0.1) is 0 Å². The number of hydrogen-bond acceptors (Lipinski definition) is 5. The quantitative estimate of drug-likeness (QED) is 0.575. The molecule has 0 aliphatic carbocycles. The summed E-state index contributed by atoms with van der Waals surface area (Å²) < 4.78 is 13.1. The van der Waals surface area contributed by atoms with Crippen LogP contribution < -0.4 is 14.8 Å². The zero-order valence-electron chi connectivity index (χ0n) is 18.4. The van der Waals surface area contributed by atoms with Gasteiger partial charge >= 0.3 is 0 Å². The first-order valence-corrected chi connectivity index (χ1v) is 10.5. The van der Waals surface area contributed by atoms with E-state index in [9.17, 15) is 4.79 Å². The van der Waals surface area contributed by atoms with Crippen molar-refractivity contribution in [3.63, 3.8) is 0 Å². The number of ether oxygens (including phenoxy) is 2. The van der Waals surface area contributed by atoms with Crippen LogP contribution in [0.3, 0.4) is 0 Å². The minimum atomic E-state index is -0.129. The molecule has 1 amide bonds. The van der Waals surface area contributed by atoms with E-state index in [1.165, 1.54) is 0 Å². The molecule has 0 bridgehead atoms. The molecule has 2 aromatic heterocycles. The third kappa shape index (κ3) is 4.72. The van der Waals surface area contributed by atoms with Gasteiger partial charge in [0.15, 0.2) is 17.1 Å². The molecule has 0 saturated heterocycles. The summed E-state index contributed by atoms with van der Waals surface area (Å²) in [4.78, 5) is 17.3. The molecule has 0 spiro atoms. The fourth-order valence-electron chi connectivity index (χ4n) is 3.34. The second kappa shape index (κ2) is 9.61. The largest absolute Gasteiger partial charge is 0.490 e. The van der Waals surface area contributed by atoms with Crippen LogP contribution in [-0.2, 0) is 6.42 Å². The smallest absolute Gasteiger partial charge is 0.253 e. The Morgan fingerprint density at radius 2 is 1.87 bits per heavy atom. The average Bonchev–Trinajstić information content (AvgIpc) is 3.12. The number of nitrogens with zero attached hydrogens (tertiary/aromatic N) is 3. The Bertz CT molecular complexity index is 1030. The molecule has 0 aliphatic rings. The second-order valence-electron chi connectivity index (χ2n) is 7.37. The molecule has 0 saturated carbocycles. The lowest BCUT2D eigenvalue weighted by Crippen LogP contribution is -2.26. The summed E-state index contributed by atoms with van der Waals surface area (Å²) >= 11 is 0. The van der Waals surface area contributed by atoms with E-state index < -0.39 is 0 Å². The van der Waals surface area contributed by atoms with Crippen LogP contribution in [-0.4, -0.2) is 40.4 Å². The zero-order chi connectivity index (χ0) is 21.7. The van der Waals surface area contributed by atoms with E-state index in [1.807, 2.05) is 49.7 Å². The molecule has 0 radical (unpaired) electrons. The number of aromatic nitrogens is 3. The monoisotopic (exact) mass is 410 g/mol. The maximum atomic E-state index is 12.7. The van der Waals surface area contributed by atoms with Gasteiger partial charge in [0.05, 0.1) is 30.7 Å². The molecular formula is C23H30N4O3. The second-order valence-corrected chi connectivity index (χ2v) is 7.37. The molecule has 3 aromatic rings. The van der Waals surface area contributed by atoms with Gasteiger partial charge in [0.25, 0.3) is 5.91 Å². The summed E-state index contributed by atoms with van der Waals surface area (Å²) in [6.45, 7) is 11.5. The lowest BCUT2D eigenvalue weighted by molar-refractivity contribution is 0.0953. The Labute approximate surface area is 177 Å². The number of carbonyl (C=O) groups is 1. The lowest BCUT2D eigenvalue weighted by Gasteiger charge is -2.13. The average molecular weight is 411 g/mol. The van der Waals surface area contributed by atoms with Crippen LogP contribution in [0, 0.1) is 6.92 Å². The fourth-order valence-corrected chi connectivity index (χ4v) is 3.34. The van der Waals surface area contributed by atoms with Crippen LogP contribution in [0.2, 0.25) is 0 Å². The van der Waals surface area contributed by atoms with Crippen molar-refractivity contribution in [2.75, 3.05) is 19.8 Å². The van der Waals surface area contributed by atoms with E-state index in [-0.39, 0.29) is 11.9 Å². The van der Waals surface area contributed by atoms with Crippen LogP contribution in [0.15, 0.2) is 30.5 Å². The summed E-state index contributed by atoms with van der Waals surface area (Å²) in [7, 11) is 0. The number of rotatable bonds is 9. The molecule has 1 N–H and O–H groups in total. The molecular weight excluding hydrogens is 380 g/mol. The highest BCUT2D eigenvalue weighted by atomic mass is 16.5. The Morgan fingerprint density at radius 1 is 1.13 bits per heavy atom. The van der Waals surface area contributed by atoms with Gasteiger partial charge in [-0.2, -0.15) is 5.10 Å². The number of carbonyl (C=O) groups excluding carboxylic acids is 1. The Morgan fingerprint density at radius 3 is 2.57 bits per heavy atom. The van der Waals surface area contributed by atoms with Gasteiger partial charge < -0.3 is 14.8 Å². The third-order valence-electron chi connectivity index (χ3n) is 4.80. The summed E-state index contributed by atoms with van der Waals surface area (Å²) in [6, 6.07) is 7.96. The summed E-state index contributed by atoms with van der Waals surface area (Å²) in [5, 5.41) is 8.25. The van der Waals surface area contributed by atoms with Crippen molar-refractivity contribution in [1.29, 1.82) is 0 Å². The van der Waals surface area contributed by atoms with E-state index in [0.717, 1.165) is 28.1 Å². The highest BCUT2D eigenvalue weighted by Gasteiger charge is 2.15. The fraction of sp³-hybridized carbons (Fsp3) is 0.435. The number of amides is 1. The molecule has 7 nitrogen and oxygen atoms in total. The molecule has 0 unspecified atom stereocenters. The number of hydrogen-bond donors (Lipinski definition) is 1. The zero-order valence-corrected chi connectivity index (χ0v) is 18.4. The van der Waals surface area contributed by atoms with Crippen LogP contribution >= 0.6 is 0 Å². The number of aryl methyl sites for hydroxylation is 1. The third-order valence-corrected chi connectivity index (χ3v) is 4.80. The van der Waals surface area contributed by atoms with Gasteiger partial charge in [-0.3, -0.25) is 4.79 Å². The van der Waals surface area contributed by atoms with Crippen molar-refractivity contribution < 1.29 is 14.3 Å². The predicted octanol–water partition coefficient (Wildman–Crippen LogP) is 4.09. The SMILES string of the molecule is CCOc1ccc(CCNC(=O)c2cc3cnn(C(C)C)c3nc2C)cc1OCC. The van der Waals surface area contributed by atoms with Gasteiger partial charge in [-0.1, -0.05) is 6.07 Å². The predicted molar refractivity (Wildman–Crippen MR) is 117 cm³/mol. The summed E-state index contributed by atoms with van der Waals surface area (Å²) in [6.07, 6.45) is 2.45. The van der Waals surface area contributed by atoms with Crippen molar-refractivity contribution in [1.82, 2.24) is 20.1 Å². The first kappa shape index (κ1) is 21.6. The molecule has 30 heavy (non-hydrogen) atoms. The number of fused-ring (bicyclic) bond motifs is 1. The number of nitrogens with one attached hydrogen (secondary N) is 1. The standard InChI is InChI=1S/C23H30N4O3/c1-6-29-20-9-8-17(12-21(20)30-7-2)10-11-24-23(28)19-13-18-14-25-27(15(3)4)22(18)26-16(19)5/h8-9,12-15H,6-7,10-11H2,1-5H3,(H,24,28). The van der Waals surface area contributed by atoms with Crippen LogP contribution in [0.4, 0.5) is 0 Å². The minimum absolute atomic E-state index is 0.129. The van der Waals surface area contributed by atoms with E-state index in [0.29, 0.717) is 37.4 Å².